The number of Topliss-reactive ketones (excluding diaryl/α,β-unsaturated/α-hetero) is 1. The zero-order chi connectivity index (χ0) is 21.2. The van der Waals surface area contributed by atoms with Gasteiger partial charge in [-0.05, 0) is 42.8 Å². The van der Waals surface area contributed by atoms with Gasteiger partial charge in [-0.25, -0.2) is 0 Å². The molecule has 0 aliphatic heterocycles. The van der Waals surface area contributed by atoms with Crippen LogP contribution in [-0.2, 0) is 17.5 Å². The first-order valence-electron chi connectivity index (χ1n) is 8.58. The minimum absolute atomic E-state index is 0.132. The molecule has 1 amide bonds. The highest BCUT2D eigenvalue weighted by atomic mass is 35.5. The molecule has 0 radical (unpaired) electrons. The van der Waals surface area contributed by atoms with Crippen LogP contribution in [0.5, 0.6) is 0 Å². The number of carbonyl (C=O) groups is 2. The van der Waals surface area contributed by atoms with Gasteiger partial charge in [-0.15, -0.1) is 0 Å². The maximum absolute atomic E-state index is 13.0. The number of aryl methyl sites for hydroxylation is 1. The molecule has 1 heterocycles. The first kappa shape index (κ1) is 20.7. The van der Waals surface area contributed by atoms with E-state index < -0.39 is 28.5 Å². The van der Waals surface area contributed by atoms with Crippen LogP contribution in [0.4, 0.5) is 18.9 Å². The summed E-state index contributed by atoms with van der Waals surface area (Å²) in [7, 11) is 0. The Bertz CT molecular complexity index is 1060. The van der Waals surface area contributed by atoms with E-state index in [9.17, 15) is 22.8 Å². The second-order valence-corrected chi connectivity index (χ2v) is 6.89. The highest BCUT2D eigenvalue weighted by Gasteiger charge is 2.33. The number of anilines is 1. The Morgan fingerprint density at radius 2 is 1.76 bits per heavy atom. The molecule has 3 rings (SSSR count). The number of nitrogens with one attached hydrogen (secondary N) is 1. The van der Waals surface area contributed by atoms with Gasteiger partial charge in [0.15, 0.2) is 0 Å². The number of amides is 1. The van der Waals surface area contributed by atoms with Crippen molar-refractivity contribution in [1.82, 2.24) is 4.57 Å². The summed E-state index contributed by atoms with van der Waals surface area (Å²) in [5.74, 6) is -1.89. The molecule has 0 unspecified atom stereocenters. The number of rotatable bonds is 5. The van der Waals surface area contributed by atoms with Gasteiger partial charge in [0.05, 0.1) is 16.3 Å². The zero-order valence-corrected chi connectivity index (χ0v) is 16.0. The summed E-state index contributed by atoms with van der Waals surface area (Å²) < 4.78 is 40.5. The Morgan fingerprint density at radius 3 is 2.41 bits per heavy atom. The lowest BCUT2D eigenvalue weighted by molar-refractivity contribution is -0.137. The molecule has 0 fully saturated rings. The molecule has 0 aliphatic carbocycles. The standard InChI is InChI=1S/C21H16ClF3N2O2/c1-13-4-6-14(7-5-13)12-27-10-2-3-18(27)19(28)20(29)26-15-8-9-17(22)16(11-15)21(23,24)25/h2-11H,12H2,1H3,(H,26,29). The number of nitrogens with zero attached hydrogens (tertiary/aromatic N) is 1. The maximum Gasteiger partial charge on any atom is 0.417 e. The van der Waals surface area contributed by atoms with E-state index in [-0.39, 0.29) is 11.4 Å². The summed E-state index contributed by atoms with van der Waals surface area (Å²) in [4.78, 5) is 24.9. The lowest BCUT2D eigenvalue weighted by atomic mass is 10.1. The molecule has 0 saturated heterocycles. The minimum Gasteiger partial charge on any atom is -0.340 e. The lowest BCUT2D eigenvalue weighted by Crippen LogP contribution is -2.25. The molecule has 2 aromatic carbocycles. The van der Waals surface area contributed by atoms with Crippen LogP contribution in [0, 0.1) is 6.92 Å². The monoisotopic (exact) mass is 420 g/mol. The van der Waals surface area contributed by atoms with Crippen LogP contribution in [0.25, 0.3) is 0 Å². The summed E-state index contributed by atoms with van der Waals surface area (Å²) in [5, 5.41) is 1.72. The molecule has 0 atom stereocenters. The van der Waals surface area contributed by atoms with Gasteiger partial charge >= 0.3 is 6.18 Å². The van der Waals surface area contributed by atoms with Crippen molar-refractivity contribution in [2.75, 3.05) is 5.32 Å². The molecule has 8 heteroatoms. The van der Waals surface area contributed by atoms with Crippen molar-refractivity contribution < 1.29 is 22.8 Å². The number of halogens is 4. The molecule has 0 saturated carbocycles. The predicted molar refractivity (Wildman–Crippen MR) is 104 cm³/mol. The van der Waals surface area contributed by atoms with E-state index in [0.29, 0.717) is 12.6 Å². The summed E-state index contributed by atoms with van der Waals surface area (Å²) in [5.41, 5.74) is 0.906. The van der Waals surface area contributed by atoms with Crippen molar-refractivity contribution in [3.05, 3.63) is 88.2 Å². The number of ketones is 1. The van der Waals surface area contributed by atoms with Crippen LogP contribution in [-0.4, -0.2) is 16.3 Å². The average molecular weight is 421 g/mol. The summed E-state index contributed by atoms with van der Waals surface area (Å²) in [6.45, 7) is 2.33. The Hall–Kier alpha value is -3.06. The van der Waals surface area contributed by atoms with Gasteiger partial charge in [0.25, 0.3) is 11.7 Å². The van der Waals surface area contributed by atoms with Gasteiger partial charge in [0.2, 0.25) is 0 Å². The molecule has 0 spiro atoms. The Balaban J connectivity index is 1.77. The smallest absolute Gasteiger partial charge is 0.340 e. The molecule has 1 aromatic heterocycles. The lowest BCUT2D eigenvalue weighted by Gasteiger charge is -2.12. The first-order chi connectivity index (χ1) is 13.6. The zero-order valence-electron chi connectivity index (χ0n) is 15.3. The molecule has 150 valence electrons. The Labute approximate surface area is 169 Å². The van der Waals surface area contributed by atoms with E-state index in [4.69, 9.17) is 11.6 Å². The van der Waals surface area contributed by atoms with Gasteiger partial charge in [0, 0.05) is 18.4 Å². The SMILES string of the molecule is Cc1ccc(Cn2cccc2C(=O)C(=O)Nc2ccc(Cl)c(C(F)(F)F)c2)cc1. The van der Waals surface area contributed by atoms with E-state index in [1.54, 1.807) is 16.8 Å². The first-order valence-corrected chi connectivity index (χ1v) is 8.96. The van der Waals surface area contributed by atoms with E-state index in [2.05, 4.69) is 5.32 Å². The molecule has 29 heavy (non-hydrogen) atoms. The third kappa shape index (κ3) is 4.86. The highest BCUT2D eigenvalue weighted by molar-refractivity contribution is 6.46. The molecule has 4 nitrogen and oxygen atoms in total. The summed E-state index contributed by atoms with van der Waals surface area (Å²) >= 11 is 5.57. The van der Waals surface area contributed by atoms with E-state index in [1.807, 2.05) is 31.2 Å². The normalized spacial score (nSPS) is 11.3. The van der Waals surface area contributed by atoms with Gasteiger partial charge in [-0.1, -0.05) is 41.4 Å². The van der Waals surface area contributed by atoms with Crippen molar-refractivity contribution in [2.24, 2.45) is 0 Å². The topological polar surface area (TPSA) is 51.1 Å². The molecule has 0 aliphatic rings. The average Bonchev–Trinajstić information content (AvgIpc) is 3.11. The van der Waals surface area contributed by atoms with Crippen LogP contribution in [0.15, 0.2) is 60.8 Å². The van der Waals surface area contributed by atoms with Crippen molar-refractivity contribution in [3.8, 4) is 0 Å². The maximum atomic E-state index is 13.0. The fourth-order valence-corrected chi connectivity index (χ4v) is 3.00. The number of carbonyl (C=O) groups excluding carboxylic acids is 2. The van der Waals surface area contributed by atoms with Gasteiger partial charge in [0.1, 0.15) is 0 Å². The van der Waals surface area contributed by atoms with E-state index in [0.717, 1.165) is 17.2 Å². The quantitative estimate of drug-likeness (QED) is 0.447. The Kier molecular flexibility index (Phi) is 5.79. The van der Waals surface area contributed by atoms with Gasteiger partial charge < -0.3 is 9.88 Å². The third-order valence-corrected chi connectivity index (χ3v) is 4.60. The molecular formula is C21H16ClF3N2O2. The second-order valence-electron chi connectivity index (χ2n) is 6.48. The summed E-state index contributed by atoms with van der Waals surface area (Å²) in [6.07, 6.45) is -3.02. The number of aromatic nitrogens is 1. The third-order valence-electron chi connectivity index (χ3n) is 4.27. The predicted octanol–water partition coefficient (Wildman–Crippen LogP) is 5.34. The largest absolute Gasteiger partial charge is 0.417 e. The van der Waals surface area contributed by atoms with E-state index >= 15 is 0 Å². The summed E-state index contributed by atoms with van der Waals surface area (Å²) in [6, 6.07) is 13.7. The van der Waals surface area contributed by atoms with Gasteiger partial charge in [-0.2, -0.15) is 13.2 Å². The molecular weight excluding hydrogens is 405 g/mol. The number of hydrogen-bond donors (Lipinski definition) is 1. The number of benzene rings is 2. The minimum atomic E-state index is -4.68. The van der Waals surface area contributed by atoms with Crippen LogP contribution in [0.1, 0.15) is 27.2 Å². The highest BCUT2D eigenvalue weighted by Crippen LogP contribution is 2.36. The number of hydrogen-bond acceptors (Lipinski definition) is 2. The second kappa shape index (κ2) is 8.13. The molecule has 0 bridgehead atoms. The van der Waals surface area contributed by atoms with Crippen molar-refractivity contribution in [2.45, 2.75) is 19.6 Å². The van der Waals surface area contributed by atoms with Crippen molar-refractivity contribution in [3.63, 3.8) is 0 Å². The number of alkyl halides is 3. The van der Waals surface area contributed by atoms with Gasteiger partial charge in [-0.3, -0.25) is 9.59 Å². The van der Waals surface area contributed by atoms with Crippen molar-refractivity contribution in [1.29, 1.82) is 0 Å². The van der Waals surface area contributed by atoms with Crippen LogP contribution in [0.3, 0.4) is 0 Å². The molecule has 1 N–H and O–H groups in total. The fraction of sp³-hybridized carbons (Fsp3) is 0.143. The van der Waals surface area contributed by atoms with Crippen LogP contribution < -0.4 is 5.32 Å². The Morgan fingerprint density at radius 1 is 1.07 bits per heavy atom. The van der Waals surface area contributed by atoms with E-state index in [1.165, 1.54) is 12.1 Å². The van der Waals surface area contributed by atoms with Crippen LogP contribution in [0.2, 0.25) is 5.02 Å². The van der Waals surface area contributed by atoms with Crippen LogP contribution >= 0.6 is 11.6 Å². The fourth-order valence-electron chi connectivity index (χ4n) is 2.77. The van der Waals surface area contributed by atoms with Crippen molar-refractivity contribution >= 4 is 29.0 Å². The molecule has 3 aromatic rings.